The van der Waals surface area contributed by atoms with Gasteiger partial charge in [-0.25, -0.2) is 0 Å². The average Bonchev–Trinajstić information content (AvgIpc) is 2.29. The van der Waals surface area contributed by atoms with Crippen LogP contribution in [0.5, 0.6) is 0 Å². The van der Waals surface area contributed by atoms with Crippen molar-refractivity contribution >= 4 is 0 Å². The average molecular weight is 229 g/mol. The molecule has 0 spiro atoms. The van der Waals surface area contributed by atoms with E-state index >= 15 is 0 Å². The van der Waals surface area contributed by atoms with Gasteiger partial charge in [-0.05, 0) is 58.5 Å². The zero-order valence-corrected chi connectivity index (χ0v) is 10.8. The topological polar surface area (TPSA) is 30.5 Å². The first-order chi connectivity index (χ1) is 7.79. The zero-order chi connectivity index (χ0) is 11.6. The first-order valence-corrected chi connectivity index (χ1v) is 6.69. The highest BCUT2D eigenvalue weighted by Gasteiger charge is 2.12. The monoisotopic (exact) mass is 229 g/mol. The van der Waals surface area contributed by atoms with Crippen molar-refractivity contribution in [1.82, 2.24) is 5.32 Å². The smallest absolute Gasteiger partial charge is 0.0518 e. The second-order valence-corrected chi connectivity index (χ2v) is 4.89. The van der Waals surface area contributed by atoms with E-state index in [9.17, 15) is 0 Å². The van der Waals surface area contributed by atoms with Crippen LogP contribution in [-0.2, 0) is 9.47 Å². The number of hydrogen-bond acceptors (Lipinski definition) is 3. The van der Waals surface area contributed by atoms with Crippen LogP contribution in [0.1, 0.15) is 39.5 Å². The van der Waals surface area contributed by atoms with Gasteiger partial charge in [0.05, 0.1) is 6.10 Å². The van der Waals surface area contributed by atoms with E-state index in [4.69, 9.17) is 9.47 Å². The molecule has 1 fully saturated rings. The lowest BCUT2D eigenvalue weighted by atomic mass is 10.0. The summed E-state index contributed by atoms with van der Waals surface area (Å²) in [6.07, 6.45) is 5.21. The summed E-state index contributed by atoms with van der Waals surface area (Å²) in [5.74, 6) is 0.834. The zero-order valence-electron chi connectivity index (χ0n) is 10.8. The van der Waals surface area contributed by atoms with Gasteiger partial charge < -0.3 is 14.8 Å². The molecule has 3 heteroatoms. The van der Waals surface area contributed by atoms with E-state index in [1.54, 1.807) is 0 Å². The Morgan fingerprint density at radius 2 is 2.00 bits per heavy atom. The van der Waals surface area contributed by atoms with Crippen LogP contribution in [0.2, 0.25) is 0 Å². The number of nitrogens with one attached hydrogen (secondary N) is 1. The Labute approximate surface area is 99.9 Å². The Bertz CT molecular complexity index is 156. The molecule has 0 radical (unpaired) electrons. The van der Waals surface area contributed by atoms with Gasteiger partial charge in [-0.15, -0.1) is 0 Å². The third kappa shape index (κ3) is 7.20. The highest BCUT2D eigenvalue weighted by Crippen LogP contribution is 2.12. The third-order valence-electron chi connectivity index (χ3n) is 2.97. The first kappa shape index (κ1) is 13.9. The van der Waals surface area contributed by atoms with E-state index in [2.05, 4.69) is 19.2 Å². The molecule has 1 saturated heterocycles. The molecule has 0 aromatic carbocycles. The molecule has 0 bridgehead atoms. The second-order valence-electron chi connectivity index (χ2n) is 4.89. The summed E-state index contributed by atoms with van der Waals surface area (Å²) in [7, 11) is 0. The van der Waals surface area contributed by atoms with Crippen LogP contribution in [0.25, 0.3) is 0 Å². The number of ether oxygens (including phenoxy) is 2. The molecule has 3 nitrogen and oxygen atoms in total. The van der Waals surface area contributed by atoms with Gasteiger partial charge in [0.25, 0.3) is 0 Å². The maximum Gasteiger partial charge on any atom is 0.0518 e. The van der Waals surface area contributed by atoms with Gasteiger partial charge in [0.15, 0.2) is 0 Å². The normalized spacial score (nSPS) is 18.2. The molecule has 1 rings (SSSR count). The van der Waals surface area contributed by atoms with E-state index in [1.807, 2.05) is 0 Å². The minimum atomic E-state index is 0.371. The summed E-state index contributed by atoms with van der Waals surface area (Å²) in [4.78, 5) is 0. The minimum Gasteiger partial charge on any atom is -0.381 e. The van der Waals surface area contributed by atoms with Crippen LogP contribution < -0.4 is 5.32 Å². The van der Waals surface area contributed by atoms with Crippen molar-refractivity contribution in [3.63, 3.8) is 0 Å². The van der Waals surface area contributed by atoms with Crippen LogP contribution in [0.3, 0.4) is 0 Å². The van der Waals surface area contributed by atoms with Crippen molar-refractivity contribution in [2.75, 3.05) is 32.9 Å². The van der Waals surface area contributed by atoms with E-state index < -0.39 is 0 Å². The van der Waals surface area contributed by atoms with Crippen molar-refractivity contribution < 1.29 is 9.47 Å². The largest absolute Gasteiger partial charge is 0.381 e. The standard InChI is InChI=1S/C13H27NO2/c1-12(2)16-8-4-3-7-14-11-13-5-9-15-10-6-13/h12-14H,3-11H2,1-2H3. The van der Waals surface area contributed by atoms with E-state index in [0.717, 1.165) is 38.8 Å². The fourth-order valence-electron chi connectivity index (χ4n) is 1.93. The van der Waals surface area contributed by atoms with Crippen LogP contribution in [0.4, 0.5) is 0 Å². The first-order valence-electron chi connectivity index (χ1n) is 6.69. The van der Waals surface area contributed by atoms with E-state index in [1.165, 1.54) is 25.7 Å². The summed E-state index contributed by atoms with van der Waals surface area (Å²) >= 11 is 0. The summed E-state index contributed by atoms with van der Waals surface area (Å²) in [6.45, 7) is 9.26. The predicted octanol–water partition coefficient (Wildman–Crippen LogP) is 2.21. The van der Waals surface area contributed by atoms with Crippen LogP contribution in [0, 0.1) is 5.92 Å². The summed E-state index contributed by atoms with van der Waals surface area (Å²) in [6, 6.07) is 0. The highest BCUT2D eigenvalue weighted by atomic mass is 16.5. The van der Waals surface area contributed by atoms with Crippen LogP contribution in [0.15, 0.2) is 0 Å². The molecule has 0 atom stereocenters. The fourth-order valence-corrected chi connectivity index (χ4v) is 1.93. The molecule has 0 amide bonds. The summed E-state index contributed by atoms with van der Waals surface area (Å²) in [5.41, 5.74) is 0. The van der Waals surface area contributed by atoms with Gasteiger partial charge in [-0.3, -0.25) is 0 Å². The molecule has 1 N–H and O–H groups in total. The Balaban J connectivity index is 1.80. The van der Waals surface area contributed by atoms with Crippen molar-refractivity contribution in [3.8, 4) is 0 Å². The molecule has 1 aliphatic rings. The van der Waals surface area contributed by atoms with Gasteiger partial charge >= 0.3 is 0 Å². The van der Waals surface area contributed by atoms with Crippen molar-refractivity contribution in [1.29, 1.82) is 0 Å². The van der Waals surface area contributed by atoms with E-state index in [0.29, 0.717) is 6.10 Å². The molecule has 0 saturated carbocycles. The second kappa shape index (κ2) is 8.97. The molecule has 0 aromatic heterocycles. The van der Waals surface area contributed by atoms with Gasteiger partial charge in [0.1, 0.15) is 0 Å². The molecule has 0 unspecified atom stereocenters. The Morgan fingerprint density at radius 1 is 1.25 bits per heavy atom. The highest BCUT2D eigenvalue weighted by molar-refractivity contribution is 4.65. The Kier molecular flexibility index (Phi) is 7.81. The minimum absolute atomic E-state index is 0.371. The lowest BCUT2D eigenvalue weighted by Gasteiger charge is -2.22. The predicted molar refractivity (Wildman–Crippen MR) is 66.7 cm³/mol. The quantitative estimate of drug-likeness (QED) is 0.647. The van der Waals surface area contributed by atoms with Crippen molar-refractivity contribution in [3.05, 3.63) is 0 Å². The molecule has 16 heavy (non-hydrogen) atoms. The number of hydrogen-bond donors (Lipinski definition) is 1. The number of unbranched alkanes of at least 4 members (excludes halogenated alkanes) is 1. The van der Waals surface area contributed by atoms with Crippen molar-refractivity contribution in [2.24, 2.45) is 5.92 Å². The molecule has 1 heterocycles. The van der Waals surface area contributed by atoms with Crippen molar-refractivity contribution in [2.45, 2.75) is 45.6 Å². The van der Waals surface area contributed by atoms with E-state index in [-0.39, 0.29) is 0 Å². The summed E-state index contributed by atoms with van der Waals surface area (Å²) < 4.78 is 10.8. The molecular formula is C13H27NO2. The molecular weight excluding hydrogens is 202 g/mol. The molecule has 96 valence electrons. The summed E-state index contributed by atoms with van der Waals surface area (Å²) in [5, 5.41) is 3.53. The Hall–Kier alpha value is -0.120. The maximum atomic E-state index is 5.49. The third-order valence-corrected chi connectivity index (χ3v) is 2.97. The van der Waals surface area contributed by atoms with Gasteiger partial charge in [0.2, 0.25) is 0 Å². The number of rotatable bonds is 8. The molecule has 0 aliphatic carbocycles. The fraction of sp³-hybridized carbons (Fsp3) is 1.00. The lowest BCUT2D eigenvalue weighted by molar-refractivity contribution is 0.0657. The molecule has 0 aromatic rings. The Morgan fingerprint density at radius 3 is 2.69 bits per heavy atom. The van der Waals surface area contributed by atoms with Crippen LogP contribution in [-0.4, -0.2) is 39.0 Å². The van der Waals surface area contributed by atoms with Gasteiger partial charge in [-0.1, -0.05) is 0 Å². The van der Waals surface area contributed by atoms with Gasteiger partial charge in [-0.2, -0.15) is 0 Å². The van der Waals surface area contributed by atoms with Gasteiger partial charge in [0, 0.05) is 19.8 Å². The van der Waals surface area contributed by atoms with Crippen LogP contribution >= 0.6 is 0 Å². The SMILES string of the molecule is CC(C)OCCCCNCC1CCOCC1. The molecule has 1 aliphatic heterocycles. The maximum absolute atomic E-state index is 5.49. The lowest BCUT2D eigenvalue weighted by Crippen LogP contribution is -2.28.